The van der Waals surface area contributed by atoms with Gasteiger partial charge in [-0.05, 0) is 24.2 Å². The maximum atomic E-state index is 11.2. The summed E-state index contributed by atoms with van der Waals surface area (Å²) in [5.74, 6) is 1.32. The van der Waals surface area contributed by atoms with Crippen molar-refractivity contribution < 1.29 is 8.42 Å². The van der Waals surface area contributed by atoms with E-state index in [2.05, 4.69) is 29.8 Å². The topological polar surface area (TPSA) is 34.1 Å². The SMILES string of the molecule is CC(C)(CBr)C1CCS(=O)(=O)CC1. The molecule has 4 heteroatoms. The van der Waals surface area contributed by atoms with Gasteiger partial charge in [0.05, 0.1) is 11.5 Å². The number of halogens is 1. The molecule has 1 heterocycles. The first-order valence-electron chi connectivity index (χ1n) is 4.64. The van der Waals surface area contributed by atoms with Crippen LogP contribution in [0.3, 0.4) is 0 Å². The predicted octanol–water partition coefficient (Wildman–Crippen LogP) is 2.23. The van der Waals surface area contributed by atoms with Crippen LogP contribution in [0.4, 0.5) is 0 Å². The maximum Gasteiger partial charge on any atom is 0.150 e. The summed E-state index contributed by atoms with van der Waals surface area (Å²) >= 11 is 3.49. The Morgan fingerprint density at radius 1 is 1.31 bits per heavy atom. The molecule has 1 saturated heterocycles. The van der Waals surface area contributed by atoms with Crippen molar-refractivity contribution in [1.82, 2.24) is 0 Å². The van der Waals surface area contributed by atoms with Gasteiger partial charge in [0.2, 0.25) is 0 Å². The van der Waals surface area contributed by atoms with Gasteiger partial charge in [0, 0.05) is 5.33 Å². The van der Waals surface area contributed by atoms with Crippen LogP contribution < -0.4 is 0 Å². The molecule has 0 amide bonds. The van der Waals surface area contributed by atoms with Crippen molar-refractivity contribution in [3.8, 4) is 0 Å². The monoisotopic (exact) mass is 268 g/mol. The normalized spacial score (nSPS) is 24.5. The number of rotatable bonds is 2. The predicted molar refractivity (Wildman–Crippen MR) is 59.0 cm³/mol. The van der Waals surface area contributed by atoms with Gasteiger partial charge in [0.15, 0.2) is 0 Å². The fraction of sp³-hybridized carbons (Fsp3) is 1.00. The van der Waals surface area contributed by atoms with Crippen LogP contribution in [-0.4, -0.2) is 25.3 Å². The van der Waals surface area contributed by atoms with E-state index in [0.29, 0.717) is 17.4 Å². The molecular formula is C9H17BrO2S. The Labute approximate surface area is 89.1 Å². The molecule has 2 nitrogen and oxygen atoms in total. The quantitative estimate of drug-likeness (QED) is 0.720. The van der Waals surface area contributed by atoms with Gasteiger partial charge in [-0.25, -0.2) is 8.42 Å². The first-order valence-corrected chi connectivity index (χ1v) is 7.58. The van der Waals surface area contributed by atoms with E-state index in [1.807, 2.05) is 0 Å². The lowest BCUT2D eigenvalue weighted by atomic mass is 9.77. The fourth-order valence-corrected chi connectivity index (χ4v) is 3.73. The molecule has 0 spiro atoms. The third kappa shape index (κ3) is 2.94. The molecule has 1 fully saturated rings. The zero-order valence-electron chi connectivity index (χ0n) is 8.22. The van der Waals surface area contributed by atoms with Crippen LogP contribution in [0, 0.1) is 11.3 Å². The highest BCUT2D eigenvalue weighted by molar-refractivity contribution is 9.09. The summed E-state index contributed by atoms with van der Waals surface area (Å²) in [6.45, 7) is 4.40. The largest absolute Gasteiger partial charge is 0.229 e. The summed E-state index contributed by atoms with van der Waals surface area (Å²) < 4.78 is 22.4. The highest BCUT2D eigenvalue weighted by Crippen LogP contribution is 2.36. The van der Waals surface area contributed by atoms with Crippen LogP contribution in [0.2, 0.25) is 0 Å². The van der Waals surface area contributed by atoms with E-state index < -0.39 is 9.84 Å². The Bertz CT molecular complexity index is 255. The van der Waals surface area contributed by atoms with Crippen molar-refractivity contribution in [3.63, 3.8) is 0 Å². The third-order valence-electron chi connectivity index (χ3n) is 3.00. The zero-order chi connectivity index (χ0) is 10.1. The zero-order valence-corrected chi connectivity index (χ0v) is 10.6. The summed E-state index contributed by atoms with van der Waals surface area (Å²) in [5.41, 5.74) is 0.232. The number of alkyl halides is 1. The second kappa shape index (κ2) is 3.89. The van der Waals surface area contributed by atoms with E-state index in [1.54, 1.807) is 0 Å². The molecule has 1 rings (SSSR count). The summed E-state index contributed by atoms with van der Waals surface area (Å²) in [5, 5.41) is 0.949. The lowest BCUT2D eigenvalue weighted by Crippen LogP contribution is -2.33. The van der Waals surface area contributed by atoms with E-state index in [4.69, 9.17) is 0 Å². The lowest BCUT2D eigenvalue weighted by Gasteiger charge is -2.35. The van der Waals surface area contributed by atoms with Crippen LogP contribution in [0.25, 0.3) is 0 Å². The molecule has 0 saturated carbocycles. The number of sulfone groups is 1. The number of hydrogen-bond acceptors (Lipinski definition) is 2. The molecule has 0 atom stereocenters. The molecule has 78 valence electrons. The van der Waals surface area contributed by atoms with E-state index >= 15 is 0 Å². The highest BCUT2D eigenvalue weighted by Gasteiger charge is 2.33. The van der Waals surface area contributed by atoms with E-state index in [9.17, 15) is 8.42 Å². The van der Waals surface area contributed by atoms with Crippen molar-refractivity contribution in [2.24, 2.45) is 11.3 Å². The van der Waals surface area contributed by atoms with Crippen molar-refractivity contribution in [2.45, 2.75) is 26.7 Å². The average molecular weight is 269 g/mol. The molecule has 1 aliphatic rings. The average Bonchev–Trinajstić information content (AvgIpc) is 2.04. The van der Waals surface area contributed by atoms with Crippen LogP contribution in [0.1, 0.15) is 26.7 Å². The standard InChI is InChI=1S/C9H17BrO2S/c1-9(2,7-10)8-3-5-13(11,12)6-4-8/h8H,3-7H2,1-2H3. The van der Waals surface area contributed by atoms with E-state index in [1.165, 1.54) is 0 Å². The molecule has 0 bridgehead atoms. The fourth-order valence-electron chi connectivity index (χ4n) is 1.78. The lowest BCUT2D eigenvalue weighted by molar-refractivity contribution is 0.230. The van der Waals surface area contributed by atoms with Gasteiger partial charge in [-0.3, -0.25) is 0 Å². The van der Waals surface area contributed by atoms with Crippen LogP contribution in [0.15, 0.2) is 0 Å². The van der Waals surface area contributed by atoms with Crippen LogP contribution in [-0.2, 0) is 9.84 Å². The van der Waals surface area contributed by atoms with Gasteiger partial charge in [0.25, 0.3) is 0 Å². The van der Waals surface area contributed by atoms with E-state index in [-0.39, 0.29) is 5.41 Å². The Balaban J connectivity index is 2.60. The molecule has 0 N–H and O–H groups in total. The summed E-state index contributed by atoms with van der Waals surface area (Å²) in [4.78, 5) is 0. The minimum atomic E-state index is -2.70. The minimum absolute atomic E-state index is 0.232. The second-order valence-corrected chi connectivity index (χ2v) is 7.41. The Morgan fingerprint density at radius 2 is 1.77 bits per heavy atom. The minimum Gasteiger partial charge on any atom is -0.229 e. The maximum absolute atomic E-state index is 11.2. The van der Waals surface area contributed by atoms with Crippen molar-refractivity contribution in [1.29, 1.82) is 0 Å². The summed E-state index contributed by atoms with van der Waals surface area (Å²) in [7, 11) is -2.70. The molecule has 0 aliphatic carbocycles. The molecule has 0 aromatic carbocycles. The molecule has 13 heavy (non-hydrogen) atoms. The van der Waals surface area contributed by atoms with Gasteiger partial charge in [0.1, 0.15) is 9.84 Å². The summed E-state index contributed by atoms with van der Waals surface area (Å²) in [6, 6.07) is 0. The Kier molecular flexibility index (Phi) is 3.44. The van der Waals surface area contributed by atoms with Gasteiger partial charge < -0.3 is 0 Å². The first-order chi connectivity index (χ1) is 5.87. The Morgan fingerprint density at radius 3 is 2.15 bits per heavy atom. The van der Waals surface area contributed by atoms with Crippen LogP contribution in [0.5, 0.6) is 0 Å². The van der Waals surface area contributed by atoms with E-state index in [0.717, 1.165) is 18.2 Å². The van der Waals surface area contributed by atoms with Gasteiger partial charge in [-0.2, -0.15) is 0 Å². The molecule has 1 aliphatic heterocycles. The van der Waals surface area contributed by atoms with Crippen molar-refractivity contribution in [2.75, 3.05) is 16.8 Å². The van der Waals surface area contributed by atoms with Gasteiger partial charge >= 0.3 is 0 Å². The first kappa shape index (κ1) is 11.5. The van der Waals surface area contributed by atoms with Crippen LogP contribution >= 0.6 is 15.9 Å². The smallest absolute Gasteiger partial charge is 0.150 e. The van der Waals surface area contributed by atoms with Crippen molar-refractivity contribution in [3.05, 3.63) is 0 Å². The molecule has 0 radical (unpaired) electrons. The summed E-state index contributed by atoms with van der Waals surface area (Å²) in [6.07, 6.45) is 1.67. The van der Waals surface area contributed by atoms with Gasteiger partial charge in [-0.1, -0.05) is 29.8 Å². The molecule has 0 aromatic heterocycles. The Hall–Kier alpha value is 0.430. The van der Waals surface area contributed by atoms with Crippen molar-refractivity contribution >= 4 is 25.8 Å². The molecule has 0 unspecified atom stereocenters. The van der Waals surface area contributed by atoms with Gasteiger partial charge in [-0.15, -0.1) is 0 Å². The molecular weight excluding hydrogens is 252 g/mol. The second-order valence-electron chi connectivity index (χ2n) is 4.55. The molecule has 0 aromatic rings. The highest BCUT2D eigenvalue weighted by atomic mass is 79.9. The third-order valence-corrected chi connectivity index (χ3v) is 6.16. The number of hydrogen-bond donors (Lipinski definition) is 0.